The van der Waals surface area contributed by atoms with E-state index in [4.69, 9.17) is 0 Å². The van der Waals surface area contributed by atoms with E-state index in [0.717, 1.165) is 5.41 Å². The molecule has 0 nitrogen and oxygen atoms in total. The molecule has 0 aromatic rings. The summed E-state index contributed by atoms with van der Waals surface area (Å²) >= 11 is 0. The van der Waals surface area contributed by atoms with Gasteiger partial charge in [0.2, 0.25) is 0 Å². The van der Waals surface area contributed by atoms with Gasteiger partial charge < -0.3 is 0 Å². The minimum absolute atomic E-state index is 0.953. The van der Waals surface area contributed by atoms with Crippen LogP contribution >= 0.6 is 0 Å². The molecule has 0 bridgehead atoms. The molecule has 4 aliphatic rings. The zero-order valence-corrected chi connectivity index (χ0v) is 9.17. The fraction of sp³-hybridized carbons (Fsp3) is 1.00. The fourth-order valence-corrected chi connectivity index (χ4v) is 5.82. The molecule has 4 aliphatic carbocycles. The first-order valence-corrected chi connectivity index (χ1v) is 6.91. The lowest BCUT2D eigenvalue weighted by molar-refractivity contribution is -0.161. The Morgan fingerprint density at radius 3 is 2.21 bits per heavy atom. The largest absolute Gasteiger partial charge is 0.0530 e. The molecule has 4 saturated carbocycles. The van der Waals surface area contributed by atoms with Crippen molar-refractivity contribution in [3.63, 3.8) is 0 Å². The molecular formula is C14H22. The van der Waals surface area contributed by atoms with Gasteiger partial charge in [0, 0.05) is 0 Å². The highest BCUT2D eigenvalue weighted by Crippen LogP contribution is 2.75. The summed E-state index contributed by atoms with van der Waals surface area (Å²) in [7, 11) is 0. The second-order valence-electron chi connectivity index (χ2n) is 6.51. The molecule has 1 spiro atoms. The van der Waals surface area contributed by atoms with Crippen molar-refractivity contribution < 1.29 is 0 Å². The van der Waals surface area contributed by atoms with Crippen molar-refractivity contribution in [2.24, 2.45) is 29.1 Å². The normalized spacial score (nSPS) is 56.1. The van der Waals surface area contributed by atoms with Crippen LogP contribution in [0.5, 0.6) is 0 Å². The summed E-state index contributed by atoms with van der Waals surface area (Å²) < 4.78 is 0. The molecule has 4 fully saturated rings. The van der Waals surface area contributed by atoms with Crippen LogP contribution in [0.3, 0.4) is 0 Å². The quantitative estimate of drug-likeness (QED) is 0.586. The molecular weight excluding hydrogens is 168 g/mol. The lowest BCUT2D eigenvalue weighted by Gasteiger charge is -2.65. The lowest BCUT2D eigenvalue weighted by Crippen LogP contribution is -2.57. The minimum Gasteiger partial charge on any atom is -0.0530 e. The van der Waals surface area contributed by atoms with Gasteiger partial charge in [-0.15, -0.1) is 0 Å². The van der Waals surface area contributed by atoms with Gasteiger partial charge in [-0.2, -0.15) is 0 Å². The molecule has 0 saturated heterocycles. The van der Waals surface area contributed by atoms with Crippen molar-refractivity contribution in [3.8, 4) is 0 Å². The maximum absolute atomic E-state index is 1.63. The molecule has 4 rings (SSSR count). The van der Waals surface area contributed by atoms with Crippen molar-refractivity contribution in [2.45, 2.75) is 57.8 Å². The summed E-state index contributed by atoms with van der Waals surface area (Å²) in [6, 6.07) is 0. The Kier molecular flexibility index (Phi) is 1.50. The zero-order chi connectivity index (χ0) is 9.17. The van der Waals surface area contributed by atoms with E-state index < -0.39 is 0 Å². The third-order valence-corrected chi connectivity index (χ3v) is 6.50. The maximum Gasteiger partial charge on any atom is -0.0210 e. The van der Waals surface area contributed by atoms with E-state index in [1.54, 1.807) is 57.8 Å². The molecule has 0 heterocycles. The Balaban J connectivity index is 1.61. The van der Waals surface area contributed by atoms with Crippen molar-refractivity contribution in [1.29, 1.82) is 0 Å². The van der Waals surface area contributed by atoms with Gasteiger partial charge in [-0.25, -0.2) is 0 Å². The second-order valence-corrected chi connectivity index (χ2v) is 6.51. The summed E-state index contributed by atoms with van der Waals surface area (Å²) in [5, 5.41) is 0. The van der Waals surface area contributed by atoms with Crippen LogP contribution in [0.1, 0.15) is 57.8 Å². The van der Waals surface area contributed by atoms with Crippen LogP contribution < -0.4 is 0 Å². The summed E-state index contributed by atoms with van der Waals surface area (Å²) in [4.78, 5) is 0. The molecule has 78 valence electrons. The van der Waals surface area contributed by atoms with Gasteiger partial charge >= 0.3 is 0 Å². The van der Waals surface area contributed by atoms with Crippen LogP contribution in [0.25, 0.3) is 0 Å². The molecule has 0 aromatic heterocycles. The first-order chi connectivity index (χ1) is 6.91. The van der Waals surface area contributed by atoms with E-state index in [9.17, 15) is 0 Å². The molecule has 0 aliphatic heterocycles. The Morgan fingerprint density at radius 2 is 1.57 bits per heavy atom. The Morgan fingerprint density at radius 1 is 0.786 bits per heavy atom. The molecule has 4 unspecified atom stereocenters. The van der Waals surface area contributed by atoms with Gasteiger partial charge in [-0.1, -0.05) is 25.7 Å². The molecule has 0 N–H and O–H groups in total. The number of rotatable bonds is 1. The van der Waals surface area contributed by atoms with Gasteiger partial charge in [-0.3, -0.25) is 0 Å². The highest BCUT2D eigenvalue weighted by Gasteiger charge is 2.67. The van der Waals surface area contributed by atoms with Crippen LogP contribution in [-0.4, -0.2) is 0 Å². The average molecular weight is 190 g/mol. The van der Waals surface area contributed by atoms with Gasteiger partial charge in [0.25, 0.3) is 0 Å². The van der Waals surface area contributed by atoms with Crippen LogP contribution in [0.4, 0.5) is 0 Å². The van der Waals surface area contributed by atoms with Crippen LogP contribution in [-0.2, 0) is 0 Å². The summed E-state index contributed by atoms with van der Waals surface area (Å²) in [6.07, 6.45) is 14.4. The van der Waals surface area contributed by atoms with Crippen LogP contribution in [0.15, 0.2) is 0 Å². The minimum atomic E-state index is 0.953. The number of hydrogen-bond acceptors (Lipinski definition) is 0. The van der Waals surface area contributed by atoms with Crippen molar-refractivity contribution in [1.82, 2.24) is 0 Å². The Labute approximate surface area is 87.5 Å². The van der Waals surface area contributed by atoms with Crippen LogP contribution in [0.2, 0.25) is 0 Å². The Hall–Kier alpha value is 0. The summed E-state index contributed by atoms with van der Waals surface area (Å²) in [5.41, 5.74) is 0.953. The molecule has 0 aromatic carbocycles. The molecule has 14 heavy (non-hydrogen) atoms. The smallest absolute Gasteiger partial charge is 0.0210 e. The SMILES string of the molecule is C1CCC(C2CCC3CC4CCC342)C1. The fourth-order valence-electron chi connectivity index (χ4n) is 5.82. The number of hydrogen-bond donors (Lipinski definition) is 0. The predicted molar refractivity (Wildman–Crippen MR) is 57.9 cm³/mol. The first kappa shape index (κ1) is 8.19. The van der Waals surface area contributed by atoms with Gasteiger partial charge in [-0.05, 0) is 61.2 Å². The first-order valence-electron chi connectivity index (χ1n) is 6.91. The summed E-state index contributed by atoms with van der Waals surface area (Å²) in [5.74, 6) is 4.78. The van der Waals surface area contributed by atoms with Gasteiger partial charge in [0.1, 0.15) is 0 Å². The third-order valence-electron chi connectivity index (χ3n) is 6.50. The van der Waals surface area contributed by atoms with Crippen LogP contribution in [0, 0.1) is 29.1 Å². The third kappa shape index (κ3) is 0.750. The van der Waals surface area contributed by atoms with Gasteiger partial charge in [0.15, 0.2) is 0 Å². The van der Waals surface area contributed by atoms with Crippen molar-refractivity contribution >= 4 is 0 Å². The molecule has 4 atom stereocenters. The summed E-state index contributed by atoms with van der Waals surface area (Å²) in [6.45, 7) is 0. The van der Waals surface area contributed by atoms with Crippen molar-refractivity contribution in [3.05, 3.63) is 0 Å². The lowest BCUT2D eigenvalue weighted by atomic mass is 9.40. The topological polar surface area (TPSA) is 0 Å². The van der Waals surface area contributed by atoms with Gasteiger partial charge in [0.05, 0.1) is 0 Å². The van der Waals surface area contributed by atoms with E-state index in [2.05, 4.69) is 0 Å². The zero-order valence-electron chi connectivity index (χ0n) is 9.17. The molecule has 0 radical (unpaired) electrons. The monoisotopic (exact) mass is 190 g/mol. The Bertz CT molecular complexity index is 251. The standard InChI is InChI=1S/C14H22/c1-2-4-10(3-1)13-6-5-11-9-12-7-8-14(11,12)13/h10-13H,1-9H2. The van der Waals surface area contributed by atoms with E-state index >= 15 is 0 Å². The predicted octanol–water partition coefficient (Wildman–Crippen LogP) is 4.00. The van der Waals surface area contributed by atoms with E-state index in [1.807, 2.05) is 0 Å². The second kappa shape index (κ2) is 2.57. The average Bonchev–Trinajstić information content (AvgIpc) is 2.79. The molecule has 0 amide bonds. The highest BCUT2D eigenvalue weighted by atomic mass is 14.7. The van der Waals surface area contributed by atoms with E-state index in [1.165, 1.54) is 23.7 Å². The van der Waals surface area contributed by atoms with E-state index in [-0.39, 0.29) is 0 Å². The maximum atomic E-state index is 1.63. The van der Waals surface area contributed by atoms with E-state index in [0.29, 0.717) is 0 Å². The van der Waals surface area contributed by atoms with Crippen molar-refractivity contribution in [2.75, 3.05) is 0 Å². The highest BCUT2D eigenvalue weighted by molar-refractivity contribution is 5.16. The molecule has 0 heteroatoms.